The summed E-state index contributed by atoms with van der Waals surface area (Å²) in [6.07, 6.45) is 1.31. The molecule has 0 bridgehead atoms. The lowest BCUT2D eigenvalue weighted by molar-refractivity contribution is 0.443. The Kier molecular flexibility index (Phi) is 3.88. The minimum Gasteiger partial charge on any atom is -0.438 e. The average Bonchev–Trinajstić information content (AvgIpc) is 2.38. The van der Waals surface area contributed by atoms with E-state index in [1.807, 2.05) is 0 Å². The van der Waals surface area contributed by atoms with Crippen LogP contribution in [0, 0.1) is 17.1 Å². The van der Waals surface area contributed by atoms with Crippen LogP contribution in [0.2, 0.25) is 0 Å². The fourth-order valence-corrected chi connectivity index (χ4v) is 2.30. The van der Waals surface area contributed by atoms with Crippen molar-refractivity contribution in [3.63, 3.8) is 0 Å². The van der Waals surface area contributed by atoms with Gasteiger partial charge in [-0.2, -0.15) is 5.26 Å². The smallest absolute Gasteiger partial charge is 0.266 e. The summed E-state index contributed by atoms with van der Waals surface area (Å²) in [7, 11) is 1.21. The second-order valence-electron chi connectivity index (χ2n) is 3.60. The molecule has 0 aliphatic heterocycles. The van der Waals surface area contributed by atoms with Crippen LogP contribution in [0.5, 0.6) is 11.6 Å². The van der Waals surface area contributed by atoms with Crippen LogP contribution in [0.3, 0.4) is 0 Å². The standard InChI is InChI=1S/C12H6ClFN2O3S/c13-20(17,18)11-2-1-5-16-12(11)19-9-4-3-8(7-15)10(14)6-9/h1-6H. The van der Waals surface area contributed by atoms with E-state index in [0.717, 1.165) is 6.07 Å². The maximum Gasteiger partial charge on any atom is 0.266 e. The van der Waals surface area contributed by atoms with E-state index in [0.29, 0.717) is 0 Å². The van der Waals surface area contributed by atoms with Crippen molar-refractivity contribution in [2.24, 2.45) is 0 Å². The molecule has 102 valence electrons. The van der Waals surface area contributed by atoms with E-state index in [1.54, 1.807) is 6.07 Å². The third-order valence-corrected chi connectivity index (χ3v) is 3.61. The maximum atomic E-state index is 13.4. The molecule has 0 fully saturated rings. The SMILES string of the molecule is N#Cc1ccc(Oc2ncccc2S(=O)(=O)Cl)cc1F. The number of hydrogen-bond acceptors (Lipinski definition) is 5. The third kappa shape index (κ3) is 3.04. The Morgan fingerprint density at radius 2 is 2.10 bits per heavy atom. The zero-order valence-electron chi connectivity index (χ0n) is 9.75. The molecule has 0 atom stereocenters. The van der Waals surface area contributed by atoms with Gasteiger partial charge in [0.05, 0.1) is 5.56 Å². The lowest BCUT2D eigenvalue weighted by atomic mass is 10.2. The van der Waals surface area contributed by atoms with Crippen molar-refractivity contribution in [2.75, 3.05) is 0 Å². The number of halogens is 2. The summed E-state index contributed by atoms with van der Waals surface area (Å²) >= 11 is 0. The van der Waals surface area contributed by atoms with Gasteiger partial charge in [-0.25, -0.2) is 17.8 Å². The fraction of sp³-hybridized carbons (Fsp3) is 0. The molecule has 2 aromatic rings. The second-order valence-corrected chi connectivity index (χ2v) is 6.13. The van der Waals surface area contributed by atoms with Gasteiger partial charge < -0.3 is 4.74 Å². The summed E-state index contributed by atoms with van der Waals surface area (Å²) in [5.41, 5.74) is -0.149. The lowest BCUT2D eigenvalue weighted by Crippen LogP contribution is -1.98. The molecule has 0 amide bonds. The molecule has 1 aromatic carbocycles. The van der Waals surface area contributed by atoms with Gasteiger partial charge in [-0.15, -0.1) is 0 Å². The molecular formula is C12H6ClFN2O3S. The highest BCUT2D eigenvalue weighted by molar-refractivity contribution is 8.13. The molecule has 0 aliphatic rings. The van der Waals surface area contributed by atoms with Crippen LogP contribution in [-0.2, 0) is 9.05 Å². The molecule has 1 heterocycles. The zero-order chi connectivity index (χ0) is 14.8. The first kappa shape index (κ1) is 14.2. The quantitative estimate of drug-likeness (QED) is 0.814. The molecule has 0 saturated heterocycles. The summed E-state index contributed by atoms with van der Waals surface area (Å²) in [6.45, 7) is 0. The molecule has 0 N–H and O–H groups in total. The molecule has 2 rings (SSSR count). The van der Waals surface area contributed by atoms with E-state index < -0.39 is 14.9 Å². The second kappa shape index (κ2) is 5.45. The summed E-state index contributed by atoms with van der Waals surface area (Å²) in [4.78, 5) is 3.41. The molecule has 1 aromatic heterocycles. The zero-order valence-corrected chi connectivity index (χ0v) is 11.3. The molecule has 0 aliphatic carbocycles. The Labute approximate surface area is 118 Å². The first-order valence-electron chi connectivity index (χ1n) is 5.19. The number of nitrogens with zero attached hydrogens (tertiary/aromatic N) is 2. The summed E-state index contributed by atoms with van der Waals surface area (Å²) < 4.78 is 41.3. The van der Waals surface area contributed by atoms with Crippen molar-refractivity contribution in [3.8, 4) is 17.7 Å². The predicted octanol–water partition coefficient (Wildman–Crippen LogP) is 2.81. The Bertz CT molecular complexity index is 803. The van der Waals surface area contributed by atoms with Crippen molar-refractivity contribution in [1.29, 1.82) is 5.26 Å². The number of aromatic nitrogens is 1. The first-order valence-corrected chi connectivity index (χ1v) is 7.50. The molecule has 20 heavy (non-hydrogen) atoms. The summed E-state index contributed by atoms with van der Waals surface area (Å²) in [5.74, 6) is -1.05. The number of pyridine rings is 1. The average molecular weight is 313 g/mol. The van der Waals surface area contributed by atoms with Crippen molar-refractivity contribution in [3.05, 3.63) is 47.9 Å². The van der Waals surface area contributed by atoms with Crippen molar-refractivity contribution in [2.45, 2.75) is 4.90 Å². The van der Waals surface area contributed by atoms with Crippen molar-refractivity contribution >= 4 is 19.7 Å². The van der Waals surface area contributed by atoms with Crippen molar-refractivity contribution < 1.29 is 17.5 Å². The molecule has 8 heteroatoms. The van der Waals surface area contributed by atoms with Crippen LogP contribution in [0.25, 0.3) is 0 Å². The van der Waals surface area contributed by atoms with Gasteiger partial charge >= 0.3 is 0 Å². The van der Waals surface area contributed by atoms with Crippen LogP contribution in [0.4, 0.5) is 4.39 Å². The van der Waals surface area contributed by atoms with Gasteiger partial charge in [-0.05, 0) is 24.3 Å². The third-order valence-electron chi connectivity index (χ3n) is 2.27. The summed E-state index contributed by atoms with van der Waals surface area (Å²) in [5, 5.41) is 8.61. The molecule has 5 nitrogen and oxygen atoms in total. The van der Waals surface area contributed by atoms with Gasteiger partial charge in [0.15, 0.2) is 0 Å². The summed E-state index contributed by atoms with van der Waals surface area (Å²) in [6, 6.07) is 7.74. The van der Waals surface area contributed by atoms with Crippen LogP contribution >= 0.6 is 10.7 Å². The Hall–Kier alpha value is -2.17. The van der Waals surface area contributed by atoms with Gasteiger partial charge in [0.2, 0.25) is 5.88 Å². The number of nitriles is 1. The minimum atomic E-state index is -4.04. The number of hydrogen-bond donors (Lipinski definition) is 0. The monoisotopic (exact) mass is 312 g/mol. The van der Waals surface area contributed by atoms with E-state index in [4.69, 9.17) is 20.7 Å². The molecule has 0 radical (unpaired) electrons. The van der Waals surface area contributed by atoms with Gasteiger partial charge in [0.25, 0.3) is 9.05 Å². The number of ether oxygens (including phenoxy) is 1. The highest BCUT2D eigenvalue weighted by atomic mass is 35.7. The van der Waals surface area contributed by atoms with Crippen LogP contribution in [0.1, 0.15) is 5.56 Å². The molecular weight excluding hydrogens is 307 g/mol. The molecule has 0 saturated carbocycles. The Morgan fingerprint density at radius 1 is 1.35 bits per heavy atom. The van der Waals surface area contributed by atoms with Crippen LogP contribution < -0.4 is 4.74 Å². The topological polar surface area (TPSA) is 80.0 Å². The van der Waals surface area contributed by atoms with Crippen molar-refractivity contribution in [1.82, 2.24) is 4.98 Å². The van der Waals surface area contributed by atoms with Gasteiger partial charge in [0.1, 0.15) is 22.5 Å². The highest BCUT2D eigenvalue weighted by Gasteiger charge is 2.18. The predicted molar refractivity (Wildman–Crippen MR) is 68.5 cm³/mol. The Balaban J connectivity index is 2.41. The first-order chi connectivity index (χ1) is 9.41. The normalized spacial score (nSPS) is 10.8. The van der Waals surface area contributed by atoms with Crippen LogP contribution in [-0.4, -0.2) is 13.4 Å². The lowest BCUT2D eigenvalue weighted by Gasteiger charge is -2.07. The van der Waals surface area contributed by atoms with E-state index in [9.17, 15) is 12.8 Å². The van der Waals surface area contributed by atoms with E-state index in [1.165, 1.54) is 30.5 Å². The van der Waals surface area contributed by atoms with Gasteiger partial charge in [-0.1, -0.05) is 0 Å². The van der Waals surface area contributed by atoms with Crippen LogP contribution in [0.15, 0.2) is 41.4 Å². The molecule has 0 unspecified atom stereocenters. The largest absolute Gasteiger partial charge is 0.438 e. The fourth-order valence-electron chi connectivity index (χ4n) is 1.40. The van der Waals surface area contributed by atoms with Gasteiger partial charge in [-0.3, -0.25) is 0 Å². The van der Waals surface area contributed by atoms with E-state index in [-0.39, 0.29) is 22.1 Å². The number of rotatable bonds is 3. The maximum absolute atomic E-state index is 13.4. The van der Waals surface area contributed by atoms with E-state index in [2.05, 4.69) is 4.98 Å². The molecule has 0 spiro atoms. The van der Waals surface area contributed by atoms with Gasteiger partial charge in [0, 0.05) is 22.9 Å². The highest BCUT2D eigenvalue weighted by Crippen LogP contribution is 2.29. The Morgan fingerprint density at radius 3 is 2.70 bits per heavy atom. The minimum absolute atomic E-state index is 0.00164. The van der Waals surface area contributed by atoms with E-state index >= 15 is 0 Å². The number of benzene rings is 1.